The minimum atomic E-state index is -0.0299. The molecule has 2 aliphatic rings. The summed E-state index contributed by atoms with van der Waals surface area (Å²) < 4.78 is 3.00. The van der Waals surface area contributed by atoms with E-state index in [9.17, 15) is 4.79 Å². The minimum absolute atomic E-state index is 0.0299. The highest BCUT2D eigenvalue weighted by Gasteiger charge is 2.27. The second-order valence-electron chi connectivity index (χ2n) is 6.53. The predicted octanol–water partition coefficient (Wildman–Crippen LogP) is 2.61. The van der Waals surface area contributed by atoms with Crippen LogP contribution in [0.5, 0.6) is 0 Å². The van der Waals surface area contributed by atoms with E-state index in [1.54, 1.807) is 0 Å². The van der Waals surface area contributed by atoms with E-state index in [2.05, 4.69) is 26.6 Å². The molecule has 5 nitrogen and oxygen atoms in total. The van der Waals surface area contributed by atoms with Crippen molar-refractivity contribution in [3.05, 3.63) is 45.7 Å². The molecule has 2 heterocycles. The van der Waals surface area contributed by atoms with E-state index < -0.39 is 0 Å². The van der Waals surface area contributed by atoms with Crippen LogP contribution in [0, 0.1) is 0 Å². The van der Waals surface area contributed by atoms with Crippen LogP contribution in [0.2, 0.25) is 0 Å². The first-order chi connectivity index (χ1) is 11.7. The molecule has 0 spiro atoms. The van der Waals surface area contributed by atoms with Crippen molar-refractivity contribution in [1.82, 2.24) is 20.4 Å². The number of carbonyl (C=O) groups excluding carboxylic acids is 1. The Balaban J connectivity index is 1.69. The number of halogens is 1. The van der Waals surface area contributed by atoms with Crippen molar-refractivity contribution in [2.75, 3.05) is 13.1 Å². The summed E-state index contributed by atoms with van der Waals surface area (Å²) in [4.78, 5) is 12.7. The molecule has 1 unspecified atom stereocenters. The molecule has 0 radical (unpaired) electrons. The molecule has 1 amide bonds. The summed E-state index contributed by atoms with van der Waals surface area (Å²) in [7, 11) is 0. The van der Waals surface area contributed by atoms with Crippen LogP contribution in [0.3, 0.4) is 0 Å². The van der Waals surface area contributed by atoms with E-state index >= 15 is 0 Å². The van der Waals surface area contributed by atoms with E-state index in [4.69, 9.17) is 5.10 Å². The molecule has 126 valence electrons. The van der Waals surface area contributed by atoms with Crippen molar-refractivity contribution in [3.8, 4) is 5.69 Å². The number of benzene rings is 1. The lowest BCUT2D eigenvalue weighted by molar-refractivity contribution is 0.0933. The number of nitrogens with one attached hydrogen (secondary N) is 2. The Bertz CT molecular complexity index is 747. The zero-order valence-electron chi connectivity index (χ0n) is 13.5. The number of rotatable bonds is 3. The van der Waals surface area contributed by atoms with Crippen LogP contribution in [0.25, 0.3) is 5.69 Å². The summed E-state index contributed by atoms with van der Waals surface area (Å²) in [5, 5.41) is 11.1. The van der Waals surface area contributed by atoms with Crippen LogP contribution in [-0.4, -0.2) is 34.8 Å². The van der Waals surface area contributed by atoms with E-state index in [1.165, 1.54) is 5.69 Å². The van der Waals surface area contributed by atoms with Gasteiger partial charge in [-0.05, 0) is 62.9 Å². The molecule has 1 aliphatic heterocycles. The normalized spacial score (nSPS) is 20.0. The summed E-state index contributed by atoms with van der Waals surface area (Å²) in [5.41, 5.74) is 3.95. The van der Waals surface area contributed by atoms with Crippen LogP contribution in [0.1, 0.15) is 41.0 Å². The number of aromatic nitrogens is 2. The maximum atomic E-state index is 12.7. The molecule has 4 rings (SSSR count). The van der Waals surface area contributed by atoms with Crippen LogP contribution >= 0.6 is 15.9 Å². The fraction of sp³-hybridized carbons (Fsp3) is 0.444. The quantitative estimate of drug-likeness (QED) is 0.849. The van der Waals surface area contributed by atoms with Gasteiger partial charge in [0.15, 0.2) is 5.69 Å². The molecule has 0 saturated carbocycles. The van der Waals surface area contributed by atoms with Gasteiger partial charge in [-0.15, -0.1) is 0 Å². The van der Waals surface area contributed by atoms with Gasteiger partial charge in [-0.3, -0.25) is 4.79 Å². The Morgan fingerprint density at radius 2 is 2.04 bits per heavy atom. The highest BCUT2D eigenvalue weighted by Crippen LogP contribution is 2.27. The molecular weight excluding hydrogens is 368 g/mol. The fourth-order valence-corrected chi connectivity index (χ4v) is 3.87. The van der Waals surface area contributed by atoms with Gasteiger partial charge in [-0.1, -0.05) is 15.9 Å². The summed E-state index contributed by atoms with van der Waals surface area (Å²) in [6.45, 7) is 1.82. The Labute approximate surface area is 149 Å². The van der Waals surface area contributed by atoms with Gasteiger partial charge in [-0.2, -0.15) is 5.10 Å². The Kier molecular flexibility index (Phi) is 4.41. The molecular formula is C18H21BrN4O. The smallest absolute Gasteiger partial charge is 0.272 e. The number of nitrogens with zero attached hydrogens (tertiary/aromatic N) is 2. The van der Waals surface area contributed by atoms with Crippen molar-refractivity contribution < 1.29 is 4.79 Å². The Morgan fingerprint density at radius 1 is 1.25 bits per heavy atom. The van der Waals surface area contributed by atoms with Crippen molar-refractivity contribution >= 4 is 21.8 Å². The Morgan fingerprint density at radius 3 is 2.79 bits per heavy atom. The lowest BCUT2D eigenvalue weighted by Crippen LogP contribution is -2.37. The van der Waals surface area contributed by atoms with Gasteiger partial charge in [0.2, 0.25) is 0 Å². The molecule has 1 aromatic heterocycles. The third-order valence-corrected chi connectivity index (χ3v) is 5.39. The molecule has 1 aromatic carbocycles. The molecule has 1 fully saturated rings. The molecule has 24 heavy (non-hydrogen) atoms. The lowest BCUT2D eigenvalue weighted by Gasteiger charge is -2.15. The number of hydrogen-bond acceptors (Lipinski definition) is 3. The summed E-state index contributed by atoms with van der Waals surface area (Å²) >= 11 is 3.47. The van der Waals surface area contributed by atoms with Gasteiger partial charge in [0.05, 0.1) is 5.69 Å². The molecule has 2 aromatic rings. The second-order valence-corrected chi connectivity index (χ2v) is 7.45. The topological polar surface area (TPSA) is 59.0 Å². The van der Waals surface area contributed by atoms with Gasteiger partial charge in [0.1, 0.15) is 0 Å². The van der Waals surface area contributed by atoms with E-state index in [1.807, 2.05) is 28.9 Å². The molecule has 1 saturated heterocycles. The third-order valence-electron chi connectivity index (χ3n) is 4.86. The molecule has 1 aliphatic carbocycles. The largest absolute Gasteiger partial charge is 0.347 e. The average Bonchev–Trinajstić information content (AvgIpc) is 3.23. The first-order valence-electron chi connectivity index (χ1n) is 8.60. The highest BCUT2D eigenvalue weighted by atomic mass is 79.9. The van der Waals surface area contributed by atoms with E-state index in [-0.39, 0.29) is 11.9 Å². The summed E-state index contributed by atoms with van der Waals surface area (Å²) in [5.74, 6) is -0.0299. The van der Waals surface area contributed by atoms with Crippen LogP contribution in [-0.2, 0) is 12.8 Å². The number of hydrogen-bond donors (Lipinski definition) is 2. The maximum absolute atomic E-state index is 12.7. The zero-order valence-corrected chi connectivity index (χ0v) is 15.1. The zero-order chi connectivity index (χ0) is 16.5. The van der Waals surface area contributed by atoms with Gasteiger partial charge in [0, 0.05) is 28.3 Å². The molecule has 1 atom stereocenters. The third kappa shape index (κ3) is 3.00. The highest BCUT2D eigenvalue weighted by molar-refractivity contribution is 9.10. The second kappa shape index (κ2) is 6.69. The van der Waals surface area contributed by atoms with Crippen molar-refractivity contribution in [1.29, 1.82) is 0 Å². The Hall–Kier alpha value is -1.66. The van der Waals surface area contributed by atoms with Gasteiger partial charge >= 0.3 is 0 Å². The summed E-state index contributed by atoms with van der Waals surface area (Å²) in [6, 6.07) is 8.31. The standard InChI is InChI=1S/C18H21BrN4O/c19-12-5-7-14(8-6-12)23-16-4-2-1-3-15(16)17(22-23)18(24)21-13-9-10-20-11-13/h5-8,13,20H,1-4,9-11H2,(H,21,24). The number of fused-ring (bicyclic) bond motifs is 1. The minimum Gasteiger partial charge on any atom is -0.347 e. The molecule has 0 bridgehead atoms. The number of amides is 1. The first-order valence-corrected chi connectivity index (χ1v) is 9.40. The van der Waals surface area contributed by atoms with Crippen molar-refractivity contribution in [2.24, 2.45) is 0 Å². The lowest BCUT2D eigenvalue weighted by atomic mass is 9.95. The van der Waals surface area contributed by atoms with E-state index in [0.29, 0.717) is 5.69 Å². The monoisotopic (exact) mass is 388 g/mol. The van der Waals surface area contributed by atoms with Crippen molar-refractivity contribution in [3.63, 3.8) is 0 Å². The van der Waals surface area contributed by atoms with E-state index in [0.717, 1.165) is 60.9 Å². The number of carbonyl (C=O) groups is 1. The van der Waals surface area contributed by atoms with Crippen LogP contribution < -0.4 is 10.6 Å². The summed E-state index contributed by atoms with van der Waals surface area (Å²) in [6.07, 6.45) is 5.20. The average molecular weight is 389 g/mol. The predicted molar refractivity (Wildman–Crippen MR) is 96.6 cm³/mol. The molecule has 6 heteroatoms. The SMILES string of the molecule is O=C(NC1CCNC1)c1nn(-c2ccc(Br)cc2)c2c1CCCC2. The molecule has 2 N–H and O–H groups in total. The van der Waals surface area contributed by atoms with Crippen LogP contribution in [0.4, 0.5) is 0 Å². The van der Waals surface area contributed by atoms with Crippen molar-refractivity contribution in [2.45, 2.75) is 38.1 Å². The van der Waals surface area contributed by atoms with Gasteiger partial charge in [-0.25, -0.2) is 4.68 Å². The fourth-order valence-electron chi connectivity index (χ4n) is 3.61. The van der Waals surface area contributed by atoms with Gasteiger partial charge < -0.3 is 10.6 Å². The maximum Gasteiger partial charge on any atom is 0.272 e. The first kappa shape index (κ1) is 15.8. The van der Waals surface area contributed by atoms with Crippen LogP contribution in [0.15, 0.2) is 28.7 Å². The van der Waals surface area contributed by atoms with Gasteiger partial charge in [0.25, 0.3) is 5.91 Å².